The lowest BCUT2D eigenvalue weighted by molar-refractivity contribution is -0.126. The number of hydrogen-bond donors (Lipinski definition) is 0. The molecule has 0 aliphatic carbocycles. The summed E-state index contributed by atoms with van der Waals surface area (Å²) in [5, 5.41) is 9.55. The third-order valence-electron chi connectivity index (χ3n) is 4.51. The van der Waals surface area contributed by atoms with E-state index in [4.69, 9.17) is 12.2 Å². The lowest BCUT2D eigenvalue weighted by atomic mass is 10.0. The van der Waals surface area contributed by atoms with Gasteiger partial charge in [0.15, 0.2) is 5.11 Å². The molecule has 1 atom stereocenters. The number of rotatable bonds is 3. The number of thiocarbonyl (C=S) groups is 1. The molecular weight excluding hydrogens is 358 g/mol. The molecule has 0 radical (unpaired) electrons. The van der Waals surface area contributed by atoms with Gasteiger partial charge in [0.2, 0.25) is 0 Å². The van der Waals surface area contributed by atoms with Crippen LogP contribution in [0.1, 0.15) is 5.56 Å². The zero-order valence-electron chi connectivity index (χ0n) is 14.1. The molecule has 1 saturated heterocycles. The maximum absolute atomic E-state index is 13.1. The lowest BCUT2D eigenvalue weighted by Crippen LogP contribution is -2.36. The first-order chi connectivity index (χ1) is 13.1. The van der Waals surface area contributed by atoms with Crippen LogP contribution < -0.4 is 4.90 Å². The van der Waals surface area contributed by atoms with Gasteiger partial charge in [-0.05, 0) is 29.9 Å². The molecular formula is C21H13N3O2S. The number of benzene rings is 2. The molecule has 1 unspecified atom stereocenters. The number of carbonyl (C=O) groups excluding carboxylic acids is 2. The fourth-order valence-electron chi connectivity index (χ4n) is 3.25. The SMILES string of the molecule is N#CC1=C(/C=C\c2ccccc2)C2C(=O)N(c3ccccc3)C(=S)N2C1=O. The number of nitrogens with zero attached hydrogens (tertiary/aromatic N) is 3. The minimum atomic E-state index is -0.903. The summed E-state index contributed by atoms with van der Waals surface area (Å²) in [5.74, 6) is -0.871. The average molecular weight is 371 g/mol. The van der Waals surface area contributed by atoms with E-state index in [1.54, 1.807) is 36.4 Å². The summed E-state index contributed by atoms with van der Waals surface area (Å²) < 4.78 is 0. The molecule has 130 valence electrons. The van der Waals surface area contributed by atoms with E-state index in [9.17, 15) is 14.9 Å². The highest BCUT2D eigenvalue weighted by Crippen LogP contribution is 2.36. The van der Waals surface area contributed by atoms with Crippen LogP contribution in [0.2, 0.25) is 0 Å². The number of hydrogen-bond acceptors (Lipinski definition) is 4. The smallest absolute Gasteiger partial charge is 0.271 e. The van der Waals surface area contributed by atoms with Crippen LogP contribution in [0.4, 0.5) is 5.69 Å². The van der Waals surface area contributed by atoms with Crippen LogP contribution in [-0.4, -0.2) is 27.9 Å². The Balaban J connectivity index is 1.76. The molecule has 0 spiro atoms. The minimum absolute atomic E-state index is 0.0457. The largest absolute Gasteiger partial charge is 0.272 e. The van der Waals surface area contributed by atoms with Crippen molar-refractivity contribution in [2.75, 3.05) is 4.90 Å². The van der Waals surface area contributed by atoms with E-state index in [-0.39, 0.29) is 16.6 Å². The van der Waals surface area contributed by atoms with E-state index >= 15 is 0 Å². The molecule has 0 aromatic heterocycles. The molecule has 2 aromatic carbocycles. The maximum atomic E-state index is 13.1. The number of nitriles is 1. The Labute approximate surface area is 161 Å². The summed E-state index contributed by atoms with van der Waals surface area (Å²) >= 11 is 5.40. The van der Waals surface area contributed by atoms with Gasteiger partial charge < -0.3 is 0 Å². The molecule has 0 N–H and O–H groups in total. The van der Waals surface area contributed by atoms with Gasteiger partial charge in [0, 0.05) is 5.57 Å². The Morgan fingerprint density at radius 3 is 2.22 bits per heavy atom. The van der Waals surface area contributed by atoms with E-state index in [1.165, 1.54) is 9.80 Å². The Morgan fingerprint density at radius 1 is 0.963 bits per heavy atom. The zero-order valence-corrected chi connectivity index (χ0v) is 14.9. The van der Waals surface area contributed by atoms with Gasteiger partial charge in [0.05, 0.1) is 5.69 Å². The van der Waals surface area contributed by atoms with E-state index in [2.05, 4.69) is 0 Å². The fourth-order valence-corrected chi connectivity index (χ4v) is 3.64. The molecule has 2 heterocycles. The van der Waals surface area contributed by atoms with Gasteiger partial charge in [0.1, 0.15) is 17.7 Å². The highest BCUT2D eigenvalue weighted by Gasteiger charge is 2.53. The number of fused-ring (bicyclic) bond motifs is 1. The summed E-state index contributed by atoms with van der Waals surface area (Å²) in [6.07, 6.45) is 3.44. The van der Waals surface area contributed by atoms with Crippen molar-refractivity contribution in [2.24, 2.45) is 0 Å². The zero-order chi connectivity index (χ0) is 19.0. The predicted molar refractivity (Wildman–Crippen MR) is 105 cm³/mol. The molecule has 0 bridgehead atoms. The second-order valence-corrected chi connectivity index (χ2v) is 6.42. The first kappa shape index (κ1) is 16.9. The van der Waals surface area contributed by atoms with Gasteiger partial charge >= 0.3 is 0 Å². The Kier molecular flexibility index (Phi) is 4.15. The Hall–Kier alpha value is -3.56. The normalized spacial score (nSPS) is 19.2. The molecule has 0 saturated carbocycles. The number of carbonyl (C=O) groups is 2. The summed E-state index contributed by atoms with van der Waals surface area (Å²) in [5.41, 5.74) is 1.83. The van der Waals surface area contributed by atoms with E-state index in [1.807, 2.05) is 42.5 Å². The van der Waals surface area contributed by atoms with Crippen molar-refractivity contribution in [3.8, 4) is 6.07 Å². The molecule has 27 heavy (non-hydrogen) atoms. The Morgan fingerprint density at radius 2 is 1.59 bits per heavy atom. The van der Waals surface area contributed by atoms with Gasteiger partial charge in [-0.2, -0.15) is 5.26 Å². The molecule has 2 aromatic rings. The molecule has 5 nitrogen and oxygen atoms in total. The van der Waals surface area contributed by atoms with Crippen molar-refractivity contribution >= 4 is 40.9 Å². The summed E-state index contributed by atoms with van der Waals surface area (Å²) in [6.45, 7) is 0. The fraction of sp³-hybridized carbons (Fsp3) is 0.0476. The van der Waals surface area contributed by atoms with Gasteiger partial charge in [-0.15, -0.1) is 0 Å². The van der Waals surface area contributed by atoms with Gasteiger partial charge in [0.25, 0.3) is 11.8 Å². The number of amides is 2. The van der Waals surface area contributed by atoms with Crippen LogP contribution >= 0.6 is 12.2 Å². The second kappa shape index (κ2) is 6.63. The van der Waals surface area contributed by atoms with Crippen LogP contribution in [0.15, 0.2) is 77.9 Å². The van der Waals surface area contributed by atoms with E-state index in [0.29, 0.717) is 11.3 Å². The minimum Gasteiger partial charge on any atom is -0.271 e. The average Bonchev–Trinajstić information content (AvgIpc) is 3.13. The molecule has 2 amide bonds. The first-order valence-electron chi connectivity index (χ1n) is 8.27. The van der Waals surface area contributed by atoms with Gasteiger partial charge in [-0.3, -0.25) is 19.4 Å². The van der Waals surface area contributed by atoms with Crippen molar-refractivity contribution in [1.82, 2.24) is 4.90 Å². The van der Waals surface area contributed by atoms with Crippen LogP contribution in [0.3, 0.4) is 0 Å². The van der Waals surface area contributed by atoms with Crippen LogP contribution in [0.5, 0.6) is 0 Å². The summed E-state index contributed by atoms with van der Waals surface area (Å²) in [7, 11) is 0. The maximum Gasteiger partial charge on any atom is 0.272 e. The first-order valence-corrected chi connectivity index (χ1v) is 8.68. The van der Waals surface area contributed by atoms with Crippen molar-refractivity contribution in [3.63, 3.8) is 0 Å². The standard InChI is InChI=1S/C21H13N3O2S/c22-13-17-16(12-11-14-7-3-1-4-8-14)18-20(26)23(15-9-5-2-6-10-15)21(27)24(18)19(17)25/h1-12,18H/b12-11-. The number of anilines is 1. The molecule has 2 aliphatic heterocycles. The van der Waals surface area contributed by atoms with Crippen LogP contribution in [0.25, 0.3) is 6.08 Å². The van der Waals surface area contributed by atoms with Crippen molar-refractivity contribution in [1.29, 1.82) is 5.26 Å². The van der Waals surface area contributed by atoms with Crippen molar-refractivity contribution in [3.05, 3.63) is 83.4 Å². The van der Waals surface area contributed by atoms with Crippen LogP contribution in [0, 0.1) is 11.3 Å². The topological polar surface area (TPSA) is 64.4 Å². The number of para-hydroxylation sites is 1. The molecule has 6 heteroatoms. The molecule has 2 aliphatic rings. The highest BCUT2D eigenvalue weighted by atomic mass is 32.1. The van der Waals surface area contributed by atoms with Crippen LogP contribution in [-0.2, 0) is 9.59 Å². The Bertz CT molecular complexity index is 1050. The molecule has 4 rings (SSSR count). The highest BCUT2D eigenvalue weighted by molar-refractivity contribution is 7.80. The van der Waals surface area contributed by atoms with Gasteiger partial charge in [-0.1, -0.05) is 60.7 Å². The lowest BCUT2D eigenvalue weighted by Gasteiger charge is -2.17. The second-order valence-electron chi connectivity index (χ2n) is 6.06. The van der Waals surface area contributed by atoms with E-state index < -0.39 is 11.9 Å². The summed E-state index contributed by atoms with van der Waals surface area (Å²) in [6, 6.07) is 19.4. The molecule has 1 fully saturated rings. The third-order valence-corrected chi connectivity index (χ3v) is 4.89. The third kappa shape index (κ3) is 2.65. The van der Waals surface area contributed by atoms with Crippen molar-refractivity contribution in [2.45, 2.75) is 6.04 Å². The van der Waals surface area contributed by atoms with E-state index in [0.717, 1.165) is 5.56 Å². The van der Waals surface area contributed by atoms with Gasteiger partial charge in [-0.25, -0.2) is 0 Å². The summed E-state index contributed by atoms with van der Waals surface area (Å²) in [4.78, 5) is 28.4. The van der Waals surface area contributed by atoms with Crippen molar-refractivity contribution < 1.29 is 9.59 Å². The monoisotopic (exact) mass is 371 g/mol. The quantitative estimate of drug-likeness (QED) is 0.778. The predicted octanol–water partition coefficient (Wildman–Crippen LogP) is 3.06.